The molecule has 0 radical (unpaired) electrons. The van der Waals surface area contributed by atoms with E-state index in [2.05, 4.69) is 32.6 Å². The molecule has 1 heterocycles. The highest BCUT2D eigenvalue weighted by Crippen LogP contribution is 2.29. The van der Waals surface area contributed by atoms with Crippen molar-refractivity contribution in [2.75, 3.05) is 0 Å². The van der Waals surface area contributed by atoms with Crippen LogP contribution in [0.25, 0.3) is 0 Å². The number of aliphatic hydroxyl groups is 1. The largest absolute Gasteiger partial charge is 0.462 e. The zero-order valence-electron chi connectivity index (χ0n) is 15.5. The topological polar surface area (TPSA) is 59.4 Å². The summed E-state index contributed by atoms with van der Waals surface area (Å²) in [5, 5.41) is 10.3. The first kappa shape index (κ1) is 24.3. The maximum atomic E-state index is 10.3. The van der Waals surface area contributed by atoms with E-state index in [0.29, 0.717) is 6.47 Å². The van der Waals surface area contributed by atoms with Crippen LogP contribution >= 0.6 is 15.9 Å². The van der Waals surface area contributed by atoms with Crippen LogP contribution in [0.5, 0.6) is 0 Å². The Morgan fingerprint density at radius 1 is 1.26 bits per heavy atom. The van der Waals surface area contributed by atoms with Crippen molar-refractivity contribution in [3.63, 3.8) is 0 Å². The van der Waals surface area contributed by atoms with Crippen molar-refractivity contribution in [2.45, 2.75) is 78.9 Å². The molecule has 0 spiro atoms. The normalized spacial score (nSPS) is 12.7. The van der Waals surface area contributed by atoms with Gasteiger partial charge in [-0.25, -0.2) is 4.98 Å². The van der Waals surface area contributed by atoms with Crippen LogP contribution in [0.2, 0.25) is 0 Å². The average Bonchev–Trinajstić information content (AvgIpc) is 2.49. The molecule has 0 aliphatic heterocycles. The number of pyridine rings is 1. The van der Waals surface area contributed by atoms with Crippen LogP contribution < -0.4 is 0 Å². The molecule has 134 valence electrons. The molecule has 0 saturated carbocycles. The lowest BCUT2D eigenvalue weighted by Gasteiger charge is -2.26. The van der Waals surface area contributed by atoms with E-state index in [-0.39, 0.29) is 5.60 Å². The molecule has 1 N–H and O–H groups in total. The Morgan fingerprint density at radius 3 is 2.09 bits per heavy atom. The fourth-order valence-corrected chi connectivity index (χ4v) is 1.97. The van der Waals surface area contributed by atoms with Gasteiger partial charge in [0, 0.05) is 11.8 Å². The van der Waals surface area contributed by atoms with E-state index in [0.717, 1.165) is 29.4 Å². The number of rotatable bonds is 5. The molecule has 1 atom stereocenters. The molecular weight excluding hydrogens is 358 g/mol. The number of nitrogens with zero attached hydrogens (tertiary/aromatic N) is 1. The van der Waals surface area contributed by atoms with E-state index in [1.165, 1.54) is 0 Å². The minimum atomic E-state index is -0.706. The van der Waals surface area contributed by atoms with Crippen LogP contribution in [-0.4, -0.2) is 22.2 Å². The number of carbonyl (C=O) groups excluding carboxylic acids is 1. The summed E-state index contributed by atoms with van der Waals surface area (Å²) in [5.74, 6) is 0. The van der Waals surface area contributed by atoms with Gasteiger partial charge in [-0.15, -0.1) is 0 Å². The molecule has 0 fully saturated rings. The van der Waals surface area contributed by atoms with Crippen molar-refractivity contribution in [3.05, 3.63) is 28.5 Å². The smallest absolute Gasteiger partial charge is 0.293 e. The van der Waals surface area contributed by atoms with Crippen LogP contribution in [0, 0.1) is 0 Å². The average molecular weight is 390 g/mol. The van der Waals surface area contributed by atoms with Gasteiger partial charge in [0.15, 0.2) is 0 Å². The quantitative estimate of drug-likeness (QED) is 0.553. The molecule has 1 unspecified atom stereocenters. The molecule has 5 heteroatoms. The van der Waals surface area contributed by atoms with E-state index in [1.807, 2.05) is 53.7 Å². The highest BCUT2D eigenvalue weighted by atomic mass is 79.9. The maximum absolute atomic E-state index is 10.3. The van der Waals surface area contributed by atoms with Gasteiger partial charge in [-0.2, -0.15) is 0 Å². The number of aromatic nitrogens is 1. The van der Waals surface area contributed by atoms with Crippen LogP contribution in [0.15, 0.2) is 22.9 Å². The number of halogens is 1. The van der Waals surface area contributed by atoms with Crippen molar-refractivity contribution in [3.8, 4) is 0 Å². The molecule has 0 amide bonds. The number of ether oxygens (including phenoxy) is 1. The molecule has 23 heavy (non-hydrogen) atoms. The molecule has 0 aliphatic carbocycles. The standard InChI is InChI=1S/C11H16BrNO.C5H10O2.C2H6/c1-3-7-11(14,4-2)9-5-6-10(12)13-8-9;1-5(2,3)7-4-6;1-2/h5-6,8,14H,3-4,7H2,1-2H3;4H,1-3H3;1-2H3. The van der Waals surface area contributed by atoms with E-state index < -0.39 is 5.60 Å². The Kier molecular flexibility index (Phi) is 13.2. The highest BCUT2D eigenvalue weighted by Gasteiger charge is 2.25. The third kappa shape index (κ3) is 11.3. The predicted molar refractivity (Wildman–Crippen MR) is 99.3 cm³/mol. The molecule has 1 aromatic rings. The predicted octanol–water partition coefficient (Wildman–Crippen LogP) is 5.23. The third-order valence-corrected chi connectivity index (χ3v) is 3.38. The molecule has 0 aliphatic rings. The van der Waals surface area contributed by atoms with Crippen molar-refractivity contribution in [1.82, 2.24) is 4.98 Å². The lowest BCUT2D eigenvalue weighted by molar-refractivity contribution is -0.138. The lowest BCUT2D eigenvalue weighted by Crippen LogP contribution is -2.24. The summed E-state index contributed by atoms with van der Waals surface area (Å²) in [6, 6.07) is 3.79. The fraction of sp³-hybridized carbons (Fsp3) is 0.667. The number of hydrogen-bond acceptors (Lipinski definition) is 4. The minimum absolute atomic E-state index is 0.318. The third-order valence-electron chi connectivity index (χ3n) is 2.91. The zero-order valence-corrected chi connectivity index (χ0v) is 17.1. The first-order valence-corrected chi connectivity index (χ1v) is 8.93. The van der Waals surface area contributed by atoms with Gasteiger partial charge in [0.2, 0.25) is 0 Å². The van der Waals surface area contributed by atoms with Crippen LogP contribution in [0.4, 0.5) is 0 Å². The summed E-state index contributed by atoms with van der Waals surface area (Å²) in [5.41, 5.74) is -0.116. The second-order valence-corrected chi connectivity index (χ2v) is 6.64. The zero-order chi connectivity index (χ0) is 18.5. The minimum Gasteiger partial charge on any atom is -0.462 e. The van der Waals surface area contributed by atoms with Crippen molar-refractivity contribution in [2.24, 2.45) is 0 Å². The van der Waals surface area contributed by atoms with E-state index in [9.17, 15) is 9.90 Å². The van der Waals surface area contributed by atoms with E-state index >= 15 is 0 Å². The summed E-state index contributed by atoms with van der Waals surface area (Å²) in [4.78, 5) is 13.7. The number of carbonyl (C=O) groups is 1. The van der Waals surface area contributed by atoms with Gasteiger partial charge >= 0.3 is 0 Å². The Morgan fingerprint density at radius 2 is 1.83 bits per heavy atom. The summed E-state index contributed by atoms with van der Waals surface area (Å²) < 4.78 is 5.35. The van der Waals surface area contributed by atoms with E-state index in [1.54, 1.807) is 6.20 Å². The van der Waals surface area contributed by atoms with Crippen LogP contribution in [0.3, 0.4) is 0 Å². The van der Waals surface area contributed by atoms with Crippen LogP contribution in [0.1, 0.15) is 73.3 Å². The Balaban J connectivity index is 0. The van der Waals surface area contributed by atoms with Gasteiger partial charge < -0.3 is 9.84 Å². The highest BCUT2D eigenvalue weighted by molar-refractivity contribution is 9.10. The Labute approximate surface area is 149 Å². The molecule has 0 bridgehead atoms. The van der Waals surface area contributed by atoms with Gasteiger partial charge in [0.25, 0.3) is 6.47 Å². The second-order valence-electron chi connectivity index (χ2n) is 5.83. The summed E-state index contributed by atoms with van der Waals surface area (Å²) in [7, 11) is 0. The molecule has 1 rings (SSSR count). The Hall–Kier alpha value is -0.940. The van der Waals surface area contributed by atoms with Gasteiger partial charge in [0.05, 0.1) is 5.60 Å². The first-order chi connectivity index (χ1) is 10.7. The molecule has 0 saturated heterocycles. The molecule has 1 aromatic heterocycles. The summed E-state index contributed by atoms with van der Waals surface area (Å²) in [6.45, 7) is 14.0. The SMILES string of the molecule is CC.CC(C)(C)OC=O.CCCC(O)(CC)c1ccc(Br)nc1. The monoisotopic (exact) mass is 389 g/mol. The van der Waals surface area contributed by atoms with Gasteiger partial charge in [-0.05, 0) is 55.6 Å². The first-order valence-electron chi connectivity index (χ1n) is 8.14. The van der Waals surface area contributed by atoms with Crippen molar-refractivity contribution >= 4 is 22.4 Å². The van der Waals surface area contributed by atoms with Crippen molar-refractivity contribution < 1.29 is 14.6 Å². The number of hydrogen-bond donors (Lipinski definition) is 1. The fourth-order valence-electron chi connectivity index (χ4n) is 1.73. The molecular formula is C18H32BrNO3. The molecule has 4 nitrogen and oxygen atoms in total. The van der Waals surface area contributed by atoms with Crippen molar-refractivity contribution in [1.29, 1.82) is 0 Å². The summed E-state index contributed by atoms with van der Waals surface area (Å²) >= 11 is 3.28. The lowest BCUT2D eigenvalue weighted by atomic mass is 9.88. The van der Waals surface area contributed by atoms with Gasteiger partial charge in [-0.3, -0.25) is 4.79 Å². The van der Waals surface area contributed by atoms with Crippen LogP contribution in [-0.2, 0) is 15.1 Å². The Bertz CT molecular complexity index is 415. The molecule has 0 aromatic carbocycles. The summed E-state index contributed by atoms with van der Waals surface area (Å²) in [6.07, 6.45) is 4.22. The van der Waals surface area contributed by atoms with Gasteiger partial charge in [-0.1, -0.05) is 40.2 Å². The van der Waals surface area contributed by atoms with E-state index in [4.69, 9.17) is 0 Å². The van der Waals surface area contributed by atoms with Gasteiger partial charge in [0.1, 0.15) is 10.2 Å². The second kappa shape index (κ2) is 12.5. The maximum Gasteiger partial charge on any atom is 0.293 e.